The number of halogens is 2. The molecule has 6 nitrogen and oxygen atoms in total. The molecule has 0 bridgehead atoms. The molecule has 0 aliphatic heterocycles. The van der Waals surface area contributed by atoms with Gasteiger partial charge in [-0.2, -0.15) is 9.97 Å². The van der Waals surface area contributed by atoms with Gasteiger partial charge in [0.1, 0.15) is 11.3 Å². The number of nitrogens with one attached hydrogen (secondary N) is 2. The molecule has 20 heavy (non-hydrogen) atoms. The highest BCUT2D eigenvalue weighted by Gasteiger charge is 2.12. The summed E-state index contributed by atoms with van der Waals surface area (Å²) in [5.41, 5.74) is 1.10. The van der Waals surface area contributed by atoms with Crippen LogP contribution < -0.4 is 10.1 Å². The molecule has 0 atom stereocenters. The van der Waals surface area contributed by atoms with E-state index in [-0.39, 0.29) is 0 Å². The van der Waals surface area contributed by atoms with Crippen LogP contribution in [0.3, 0.4) is 0 Å². The second kappa shape index (κ2) is 5.15. The van der Waals surface area contributed by atoms with Crippen molar-refractivity contribution in [1.29, 1.82) is 0 Å². The van der Waals surface area contributed by atoms with E-state index < -0.39 is 0 Å². The van der Waals surface area contributed by atoms with Gasteiger partial charge < -0.3 is 15.0 Å². The lowest BCUT2D eigenvalue weighted by atomic mass is 10.3. The number of aromatic amines is 1. The fraction of sp³-hybridized carbons (Fsp3) is 0.0833. The van der Waals surface area contributed by atoms with E-state index in [4.69, 9.17) is 27.9 Å². The van der Waals surface area contributed by atoms with Gasteiger partial charge in [0.2, 0.25) is 5.95 Å². The average molecular weight is 310 g/mol. The normalized spacial score (nSPS) is 10.8. The van der Waals surface area contributed by atoms with Crippen LogP contribution in [0.2, 0.25) is 10.0 Å². The summed E-state index contributed by atoms with van der Waals surface area (Å²) in [6.07, 6.45) is 1.52. The average Bonchev–Trinajstić information content (AvgIpc) is 2.85. The lowest BCUT2D eigenvalue weighted by Gasteiger charge is -2.07. The number of imidazole rings is 1. The number of nitrogens with zero attached hydrogens (tertiary/aromatic N) is 3. The van der Waals surface area contributed by atoms with Crippen molar-refractivity contribution < 1.29 is 4.74 Å². The number of hydrogen-bond donors (Lipinski definition) is 2. The Morgan fingerprint density at radius 3 is 2.60 bits per heavy atom. The first-order valence-electron chi connectivity index (χ1n) is 5.68. The first-order valence-corrected chi connectivity index (χ1v) is 6.44. The number of anilines is 1. The third kappa shape index (κ3) is 2.48. The molecule has 0 amide bonds. The Labute approximate surface area is 124 Å². The zero-order chi connectivity index (χ0) is 14.1. The molecule has 0 unspecified atom stereocenters. The summed E-state index contributed by atoms with van der Waals surface area (Å²) in [4.78, 5) is 15.5. The number of benzene rings is 1. The minimum atomic E-state index is 0.343. The molecule has 0 spiro atoms. The van der Waals surface area contributed by atoms with Crippen LogP contribution in [0.1, 0.15) is 0 Å². The molecule has 0 radical (unpaired) electrons. The van der Waals surface area contributed by atoms with Crippen molar-refractivity contribution >= 4 is 40.3 Å². The smallest absolute Gasteiger partial charge is 0.250 e. The zero-order valence-corrected chi connectivity index (χ0v) is 11.8. The van der Waals surface area contributed by atoms with E-state index in [2.05, 4.69) is 25.3 Å². The van der Waals surface area contributed by atoms with Gasteiger partial charge >= 0.3 is 0 Å². The maximum Gasteiger partial charge on any atom is 0.250 e. The predicted octanol–water partition coefficient (Wildman–Crippen LogP) is 3.49. The number of fused-ring (bicyclic) bond motifs is 1. The molecule has 0 aliphatic rings. The van der Waals surface area contributed by atoms with E-state index in [0.717, 1.165) is 0 Å². The molecule has 2 N–H and O–H groups in total. The van der Waals surface area contributed by atoms with E-state index in [1.54, 1.807) is 25.2 Å². The summed E-state index contributed by atoms with van der Waals surface area (Å²) >= 11 is 11.9. The first kappa shape index (κ1) is 13.0. The van der Waals surface area contributed by atoms with Crippen LogP contribution in [-0.2, 0) is 0 Å². The van der Waals surface area contributed by atoms with Crippen molar-refractivity contribution in [1.82, 2.24) is 19.9 Å². The van der Waals surface area contributed by atoms with E-state index in [1.807, 2.05) is 0 Å². The first-order chi connectivity index (χ1) is 9.65. The van der Waals surface area contributed by atoms with Crippen LogP contribution >= 0.6 is 23.2 Å². The lowest BCUT2D eigenvalue weighted by Crippen LogP contribution is -1.99. The topological polar surface area (TPSA) is 75.7 Å². The Hall–Kier alpha value is -2.05. The van der Waals surface area contributed by atoms with Gasteiger partial charge in [0.25, 0.3) is 5.88 Å². The molecular formula is C12H9Cl2N5O. The molecule has 3 aromatic rings. The summed E-state index contributed by atoms with van der Waals surface area (Å²) < 4.78 is 5.72. The fourth-order valence-corrected chi connectivity index (χ4v) is 2.20. The summed E-state index contributed by atoms with van der Waals surface area (Å²) in [6, 6.07) is 4.92. The molecule has 2 heterocycles. The second-order valence-corrected chi connectivity index (χ2v) is 4.78. The Kier molecular flexibility index (Phi) is 3.33. The number of rotatable bonds is 3. The van der Waals surface area contributed by atoms with E-state index in [9.17, 15) is 0 Å². The number of H-pyrrole nitrogens is 1. The molecule has 0 aliphatic carbocycles. The third-order valence-corrected chi connectivity index (χ3v) is 2.96. The molecule has 0 fully saturated rings. The quantitative estimate of drug-likeness (QED) is 0.774. The van der Waals surface area contributed by atoms with Gasteiger partial charge in [-0.15, -0.1) is 0 Å². The maximum atomic E-state index is 5.94. The Balaban J connectivity index is 2.07. The van der Waals surface area contributed by atoms with E-state index in [1.165, 1.54) is 6.33 Å². The fourth-order valence-electron chi connectivity index (χ4n) is 1.69. The van der Waals surface area contributed by atoms with Crippen LogP contribution in [0.4, 0.5) is 5.95 Å². The standard InChI is InChI=1S/C12H9Cl2N5O/c1-15-12-18-10-9(16-5-17-10)11(19-12)20-8-3-6(13)2-7(14)4-8/h2-5H,1H3,(H2,15,16,17,18,19). The highest BCUT2D eigenvalue weighted by molar-refractivity contribution is 6.34. The van der Waals surface area contributed by atoms with Gasteiger partial charge in [0.05, 0.1) is 6.33 Å². The molecule has 0 saturated carbocycles. The van der Waals surface area contributed by atoms with Gasteiger partial charge in [0, 0.05) is 17.1 Å². The largest absolute Gasteiger partial charge is 0.437 e. The van der Waals surface area contributed by atoms with Gasteiger partial charge in [-0.1, -0.05) is 23.2 Å². The lowest BCUT2D eigenvalue weighted by molar-refractivity contribution is 0.468. The van der Waals surface area contributed by atoms with Crippen molar-refractivity contribution in [2.45, 2.75) is 0 Å². The maximum absolute atomic E-state index is 5.94. The molecule has 3 rings (SSSR count). The van der Waals surface area contributed by atoms with Crippen molar-refractivity contribution in [3.8, 4) is 11.6 Å². The number of ether oxygens (including phenoxy) is 1. The Morgan fingerprint density at radius 1 is 1.15 bits per heavy atom. The van der Waals surface area contributed by atoms with Gasteiger partial charge in [-0.25, -0.2) is 4.98 Å². The van der Waals surface area contributed by atoms with E-state index in [0.29, 0.717) is 38.8 Å². The Bertz CT molecular complexity index is 753. The van der Waals surface area contributed by atoms with Crippen molar-refractivity contribution in [2.75, 3.05) is 12.4 Å². The van der Waals surface area contributed by atoms with Crippen LogP contribution in [0, 0.1) is 0 Å². The van der Waals surface area contributed by atoms with Crippen LogP contribution in [0.5, 0.6) is 11.6 Å². The second-order valence-electron chi connectivity index (χ2n) is 3.91. The van der Waals surface area contributed by atoms with Gasteiger partial charge in [0.15, 0.2) is 5.65 Å². The van der Waals surface area contributed by atoms with Crippen LogP contribution in [-0.4, -0.2) is 27.0 Å². The third-order valence-electron chi connectivity index (χ3n) is 2.53. The van der Waals surface area contributed by atoms with E-state index >= 15 is 0 Å². The Morgan fingerprint density at radius 2 is 1.90 bits per heavy atom. The number of aromatic nitrogens is 4. The minimum absolute atomic E-state index is 0.343. The van der Waals surface area contributed by atoms with Crippen molar-refractivity contribution in [3.05, 3.63) is 34.6 Å². The van der Waals surface area contributed by atoms with Crippen molar-refractivity contribution in [3.63, 3.8) is 0 Å². The highest BCUT2D eigenvalue weighted by Crippen LogP contribution is 2.30. The summed E-state index contributed by atoms with van der Waals surface area (Å²) in [6.45, 7) is 0. The predicted molar refractivity (Wildman–Crippen MR) is 77.8 cm³/mol. The van der Waals surface area contributed by atoms with Crippen LogP contribution in [0.25, 0.3) is 11.2 Å². The summed E-state index contributed by atoms with van der Waals surface area (Å²) in [5, 5.41) is 3.81. The molecule has 8 heteroatoms. The van der Waals surface area contributed by atoms with Crippen molar-refractivity contribution in [2.24, 2.45) is 0 Å². The molecule has 102 valence electrons. The minimum Gasteiger partial charge on any atom is -0.437 e. The SMILES string of the molecule is CNc1nc(Oc2cc(Cl)cc(Cl)c2)c2[nH]cnc2n1. The number of hydrogen-bond acceptors (Lipinski definition) is 5. The monoisotopic (exact) mass is 309 g/mol. The van der Waals surface area contributed by atoms with Gasteiger partial charge in [-0.05, 0) is 18.2 Å². The molecule has 2 aromatic heterocycles. The summed E-state index contributed by atoms with van der Waals surface area (Å²) in [7, 11) is 1.72. The molecular weight excluding hydrogens is 301 g/mol. The molecule has 1 aromatic carbocycles. The molecule has 0 saturated heterocycles. The zero-order valence-electron chi connectivity index (χ0n) is 10.3. The summed E-state index contributed by atoms with van der Waals surface area (Å²) in [5.74, 6) is 1.24. The highest BCUT2D eigenvalue weighted by atomic mass is 35.5. The van der Waals surface area contributed by atoms with Gasteiger partial charge in [-0.3, -0.25) is 0 Å². The van der Waals surface area contributed by atoms with Crippen LogP contribution in [0.15, 0.2) is 24.5 Å².